The van der Waals surface area contributed by atoms with Gasteiger partial charge in [0.1, 0.15) is 0 Å². The second-order valence-electron chi connectivity index (χ2n) is 5.16. The molecule has 2 aromatic heterocycles. The minimum atomic E-state index is 0.529. The smallest absolute Gasteiger partial charge is 0.0865 e. The normalized spacial score (nSPS) is 11.4. The fourth-order valence-corrected chi connectivity index (χ4v) is 3.01. The molecule has 2 N–H and O–H groups in total. The fraction of sp³-hybridized carbons (Fsp3) is 0.312. The van der Waals surface area contributed by atoms with E-state index in [0.29, 0.717) is 13.1 Å². The van der Waals surface area contributed by atoms with Crippen molar-refractivity contribution in [2.75, 3.05) is 0 Å². The highest BCUT2D eigenvalue weighted by Gasteiger charge is 2.14. The Kier molecular flexibility index (Phi) is 3.74. The summed E-state index contributed by atoms with van der Waals surface area (Å²) >= 11 is 6.41. The van der Waals surface area contributed by atoms with Gasteiger partial charge in [0, 0.05) is 19.3 Å². The summed E-state index contributed by atoms with van der Waals surface area (Å²) in [5, 5.41) is 6.43. The van der Waals surface area contributed by atoms with E-state index >= 15 is 0 Å². The summed E-state index contributed by atoms with van der Waals surface area (Å²) in [4.78, 5) is 0. The van der Waals surface area contributed by atoms with Gasteiger partial charge in [0.25, 0.3) is 0 Å². The van der Waals surface area contributed by atoms with E-state index in [9.17, 15) is 0 Å². The summed E-state index contributed by atoms with van der Waals surface area (Å²) in [5.41, 5.74) is 10.1. The number of aromatic nitrogens is 3. The highest BCUT2D eigenvalue weighted by atomic mass is 35.5. The van der Waals surface area contributed by atoms with Gasteiger partial charge in [-0.15, -0.1) is 0 Å². The Bertz CT molecular complexity index is 785. The van der Waals surface area contributed by atoms with Crippen molar-refractivity contribution < 1.29 is 0 Å². The number of nitrogens with two attached hydrogens (primary N) is 1. The molecule has 0 radical (unpaired) electrons. The Hall–Kier alpha value is -1.78. The molecule has 2 heterocycles. The van der Waals surface area contributed by atoms with Crippen molar-refractivity contribution in [3.63, 3.8) is 0 Å². The van der Waals surface area contributed by atoms with Crippen molar-refractivity contribution >= 4 is 22.5 Å². The maximum atomic E-state index is 6.41. The van der Waals surface area contributed by atoms with E-state index in [1.165, 1.54) is 10.9 Å². The maximum Gasteiger partial charge on any atom is 0.0865 e. The molecule has 0 aliphatic rings. The standard InChI is InChI=1S/C16H19ClN4/c1-3-21-14(15(17)11(2)19-21)10-20-8-7-12-5-4-6-13(9-18)16(12)20/h4-8H,3,9-10,18H2,1-2H3. The maximum absolute atomic E-state index is 6.41. The second kappa shape index (κ2) is 5.54. The molecular formula is C16H19ClN4. The Labute approximate surface area is 129 Å². The monoisotopic (exact) mass is 302 g/mol. The van der Waals surface area contributed by atoms with Crippen LogP contribution in [0.1, 0.15) is 23.9 Å². The zero-order valence-corrected chi connectivity index (χ0v) is 13.1. The first-order valence-corrected chi connectivity index (χ1v) is 7.52. The summed E-state index contributed by atoms with van der Waals surface area (Å²) in [7, 11) is 0. The van der Waals surface area contributed by atoms with Crippen LogP contribution in [-0.4, -0.2) is 14.3 Å². The molecule has 0 unspecified atom stereocenters. The third-order valence-corrected chi connectivity index (χ3v) is 4.36. The third-order valence-electron chi connectivity index (χ3n) is 3.86. The number of para-hydroxylation sites is 1. The largest absolute Gasteiger partial charge is 0.341 e. The average molecular weight is 303 g/mol. The van der Waals surface area contributed by atoms with Crippen LogP contribution in [0, 0.1) is 6.92 Å². The van der Waals surface area contributed by atoms with Crippen LogP contribution in [0.3, 0.4) is 0 Å². The van der Waals surface area contributed by atoms with Gasteiger partial charge >= 0.3 is 0 Å². The van der Waals surface area contributed by atoms with Crippen LogP contribution in [0.2, 0.25) is 5.02 Å². The van der Waals surface area contributed by atoms with Gasteiger partial charge in [-0.2, -0.15) is 5.10 Å². The summed E-state index contributed by atoms with van der Waals surface area (Å²) in [6, 6.07) is 8.34. The van der Waals surface area contributed by atoms with E-state index in [0.717, 1.165) is 28.5 Å². The van der Waals surface area contributed by atoms with Crippen molar-refractivity contribution in [1.29, 1.82) is 0 Å². The minimum Gasteiger partial charge on any atom is -0.341 e. The van der Waals surface area contributed by atoms with Gasteiger partial charge in [0.2, 0.25) is 0 Å². The van der Waals surface area contributed by atoms with Gasteiger partial charge in [-0.3, -0.25) is 4.68 Å². The molecule has 0 aliphatic carbocycles. The highest BCUT2D eigenvalue weighted by molar-refractivity contribution is 6.31. The number of rotatable bonds is 4. The molecule has 0 bridgehead atoms. The lowest BCUT2D eigenvalue weighted by Crippen LogP contribution is -2.09. The molecule has 1 aromatic carbocycles. The van der Waals surface area contributed by atoms with E-state index in [2.05, 4.69) is 41.0 Å². The number of nitrogens with zero attached hydrogens (tertiary/aromatic N) is 3. The molecule has 0 fully saturated rings. The zero-order valence-electron chi connectivity index (χ0n) is 12.3. The predicted molar refractivity (Wildman–Crippen MR) is 86.6 cm³/mol. The van der Waals surface area contributed by atoms with E-state index in [1.54, 1.807) is 0 Å². The van der Waals surface area contributed by atoms with Gasteiger partial charge in [0.15, 0.2) is 0 Å². The number of benzene rings is 1. The summed E-state index contributed by atoms with van der Waals surface area (Å²) in [6.07, 6.45) is 2.09. The number of hydrogen-bond donors (Lipinski definition) is 1. The van der Waals surface area contributed by atoms with Crippen LogP contribution in [0.5, 0.6) is 0 Å². The first kappa shape index (κ1) is 14.2. The van der Waals surface area contributed by atoms with Crippen molar-refractivity contribution in [3.05, 3.63) is 52.4 Å². The van der Waals surface area contributed by atoms with Gasteiger partial charge in [-0.1, -0.05) is 29.8 Å². The van der Waals surface area contributed by atoms with Gasteiger partial charge in [-0.05, 0) is 30.9 Å². The topological polar surface area (TPSA) is 48.8 Å². The van der Waals surface area contributed by atoms with Crippen LogP contribution in [0.15, 0.2) is 30.5 Å². The van der Waals surface area contributed by atoms with E-state index in [-0.39, 0.29) is 0 Å². The minimum absolute atomic E-state index is 0.529. The fourth-order valence-electron chi connectivity index (χ4n) is 2.82. The Morgan fingerprint density at radius 3 is 2.81 bits per heavy atom. The second-order valence-corrected chi connectivity index (χ2v) is 5.54. The van der Waals surface area contributed by atoms with Crippen molar-refractivity contribution in [2.24, 2.45) is 5.73 Å². The van der Waals surface area contributed by atoms with Gasteiger partial charge in [-0.25, -0.2) is 0 Å². The molecule has 110 valence electrons. The van der Waals surface area contributed by atoms with Crippen molar-refractivity contribution in [1.82, 2.24) is 14.3 Å². The first-order valence-electron chi connectivity index (χ1n) is 7.14. The molecule has 21 heavy (non-hydrogen) atoms. The quantitative estimate of drug-likeness (QED) is 0.803. The molecule has 3 rings (SSSR count). The van der Waals surface area contributed by atoms with Crippen molar-refractivity contribution in [3.8, 4) is 0 Å². The van der Waals surface area contributed by atoms with Gasteiger partial charge < -0.3 is 10.3 Å². The molecule has 0 saturated carbocycles. The lowest BCUT2D eigenvalue weighted by Gasteiger charge is -2.10. The predicted octanol–water partition coefficient (Wildman–Crippen LogP) is 3.33. The molecule has 0 spiro atoms. The van der Waals surface area contributed by atoms with Crippen LogP contribution in [0.25, 0.3) is 10.9 Å². The number of aryl methyl sites for hydroxylation is 2. The molecule has 0 aliphatic heterocycles. The van der Waals surface area contributed by atoms with Crippen molar-refractivity contribution in [2.45, 2.75) is 33.5 Å². The van der Waals surface area contributed by atoms with Crippen LogP contribution in [0.4, 0.5) is 0 Å². The number of hydrogen-bond acceptors (Lipinski definition) is 2. The van der Waals surface area contributed by atoms with E-state index in [4.69, 9.17) is 17.3 Å². The Morgan fingerprint density at radius 2 is 2.10 bits per heavy atom. The van der Waals surface area contributed by atoms with E-state index in [1.807, 2.05) is 17.7 Å². The number of halogens is 1. The molecule has 5 heteroatoms. The number of fused-ring (bicyclic) bond motifs is 1. The van der Waals surface area contributed by atoms with Crippen LogP contribution in [-0.2, 0) is 19.6 Å². The summed E-state index contributed by atoms with van der Waals surface area (Å²) in [5.74, 6) is 0. The zero-order chi connectivity index (χ0) is 15.0. The summed E-state index contributed by atoms with van der Waals surface area (Å²) in [6.45, 7) is 6.06. The van der Waals surface area contributed by atoms with Crippen LogP contribution >= 0.6 is 11.6 Å². The molecule has 4 nitrogen and oxygen atoms in total. The average Bonchev–Trinajstić information content (AvgIpc) is 3.03. The first-order chi connectivity index (χ1) is 10.2. The van der Waals surface area contributed by atoms with Gasteiger partial charge in [0.05, 0.1) is 28.5 Å². The lowest BCUT2D eigenvalue weighted by molar-refractivity contribution is 0.601. The molecule has 0 saturated heterocycles. The van der Waals surface area contributed by atoms with E-state index < -0.39 is 0 Å². The lowest BCUT2D eigenvalue weighted by atomic mass is 10.1. The third kappa shape index (κ3) is 2.34. The van der Waals surface area contributed by atoms with Crippen LogP contribution < -0.4 is 5.73 Å². The molecule has 0 amide bonds. The Balaban J connectivity index is 2.11. The molecule has 3 aromatic rings. The summed E-state index contributed by atoms with van der Waals surface area (Å²) < 4.78 is 4.17. The SMILES string of the molecule is CCn1nc(C)c(Cl)c1Cn1ccc2cccc(CN)c21. The Morgan fingerprint density at radius 1 is 1.29 bits per heavy atom. The molecular weight excluding hydrogens is 284 g/mol. The highest BCUT2D eigenvalue weighted by Crippen LogP contribution is 2.25. The molecule has 0 atom stereocenters.